The standard InChI is InChI=1S/C18H21F2N3O/c1-2-21-18(22-11-13-7-9-14(19)10-8-13)23-12-17(24)15-5-3-4-6-16(15)20/h3-10,17,24H,2,11-12H2,1H3,(H2,21,22,23). The second kappa shape index (κ2) is 8.98. The summed E-state index contributed by atoms with van der Waals surface area (Å²) in [6, 6.07) is 12.2. The van der Waals surface area contributed by atoms with Crippen LogP contribution in [0.25, 0.3) is 0 Å². The van der Waals surface area contributed by atoms with Crippen molar-refractivity contribution in [1.82, 2.24) is 10.6 Å². The summed E-state index contributed by atoms with van der Waals surface area (Å²) in [5.74, 6) is -0.238. The van der Waals surface area contributed by atoms with E-state index in [0.717, 1.165) is 5.56 Å². The molecule has 0 saturated heterocycles. The van der Waals surface area contributed by atoms with Crippen molar-refractivity contribution in [3.63, 3.8) is 0 Å². The molecule has 0 heterocycles. The van der Waals surface area contributed by atoms with Crippen LogP contribution in [0.15, 0.2) is 53.5 Å². The lowest BCUT2D eigenvalue weighted by Gasteiger charge is -2.16. The van der Waals surface area contributed by atoms with E-state index in [4.69, 9.17) is 0 Å². The van der Waals surface area contributed by atoms with E-state index in [1.54, 1.807) is 30.3 Å². The number of hydrogen-bond acceptors (Lipinski definition) is 2. The fraction of sp³-hybridized carbons (Fsp3) is 0.278. The van der Waals surface area contributed by atoms with Crippen LogP contribution in [0.1, 0.15) is 24.2 Å². The van der Waals surface area contributed by atoms with Crippen molar-refractivity contribution in [3.05, 3.63) is 71.3 Å². The lowest BCUT2D eigenvalue weighted by molar-refractivity contribution is 0.176. The number of aliphatic imine (C=N–C) groups is 1. The van der Waals surface area contributed by atoms with Crippen molar-refractivity contribution in [1.29, 1.82) is 0 Å². The van der Waals surface area contributed by atoms with Gasteiger partial charge in [0.05, 0.1) is 12.6 Å². The molecule has 2 rings (SSSR count). The van der Waals surface area contributed by atoms with Gasteiger partial charge in [0.25, 0.3) is 0 Å². The number of guanidine groups is 1. The van der Waals surface area contributed by atoms with Gasteiger partial charge in [-0.05, 0) is 30.7 Å². The fourth-order valence-electron chi connectivity index (χ4n) is 2.15. The van der Waals surface area contributed by atoms with Gasteiger partial charge in [-0.25, -0.2) is 13.8 Å². The lowest BCUT2D eigenvalue weighted by atomic mass is 10.1. The Bertz CT molecular complexity index is 674. The third-order valence-corrected chi connectivity index (χ3v) is 3.40. The minimum absolute atomic E-state index is 0.121. The molecule has 2 aromatic rings. The van der Waals surface area contributed by atoms with Gasteiger partial charge in [-0.2, -0.15) is 0 Å². The first-order valence-electron chi connectivity index (χ1n) is 7.79. The number of aliphatic hydroxyl groups is 1. The predicted molar refractivity (Wildman–Crippen MR) is 90.6 cm³/mol. The first-order valence-corrected chi connectivity index (χ1v) is 7.79. The molecule has 0 aliphatic heterocycles. The number of nitrogens with one attached hydrogen (secondary N) is 2. The third kappa shape index (κ3) is 5.31. The number of nitrogens with zero attached hydrogens (tertiary/aromatic N) is 1. The molecule has 0 radical (unpaired) electrons. The predicted octanol–water partition coefficient (Wildman–Crippen LogP) is 2.75. The van der Waals surface area contributed by atoms with Crippen LogP contribution < -0.4 is 10.6 Å². The van der Waals surface area contributed by atoms with Crippen molar-refractivity contribution in [2.24, 2.45) is 4.99 Å². The second-order valence-corrected chi connectivity index (χ2v) is 5.24. The van der Waals surface area contributed by atoms with Gasteiger partial charge in [0, 0.05) is 18.7 Å². The minimum Gasteiger partial charge on any atom is -0.386 e. The Kier molecular flexibility index (Phi) is 6.69. The summed E-state index contributed by atoms with van der Waals surface area (Å²) in [5.41, 5.74) is 1.10. The lowest BCUT2D eigenvalue weighted by Crippen LogP contribution is -2.39. The Morgan fingerprint density at radius 1 is 1.08 bits per heavy atom. The molecule has 128 valence electrons. The number of hydrogen-bond donors (Lipinski definition) is 3. The van der Waals surface area contributed by atoms with Gasteiger partial charge >= 0.3 is 0 Å². The molecule has 24 heavy (non-hydrogen) atoms. The molecule has 3 N–H and O–H groups in total. The average Bonchev–Trinajstić information content (AvgIpc) is 2.59. The Balaban J connectivity index is 1.96. The largest absolute Gasteiger partial charge is 0.386 e. The van der Waals surface area contributed by atoms with Gasteiger partial charge in [-0.15, -0.1) is 0 Å². The van der Waals surface area contributed by atoms with Crippen molar-refractivity contribution in [3.8, 4) is 0 Å². The number of aliphatic hydroxyl groups excluding tert-OH is 1. The highest BCUT2D eigenvalue weighted by Crippen LogP contribution is 2.15. The first-order chi connectivity index (χ1) is 11.6. The molecular formula is C18H21F2N3O. The molecule has 0 aliphatic carbocycles. The van der Waals surface area contributed by atoms with Gasteiger partial charge in [0.2, 0.25) is 0 Å². The maximum Gasteiger partial charge on any atom is 0.191 e. The number of rotatable bonds is 6. The molecule has 1 atom stereocenters. The highest BCUT2D eigenvalue weighted by atomic mass is 19.1. The fourth-order valence-corrected chi connectivity index (χ4v) is 2.15. The van der Waals surface area contributed by atoms with E-state index in [0.29, 0.717) is 19.0 Å². The topological polar surface area (TPSA) is 56.7 Å². The summed E-state index contributed by atoms with van der Waals surface area (Å²) in [6.07, 6.45) is -0.985. The Morgan fingerprint density at radius 3 is 2.46 bits per heavy atom. The molecule has 0 bridgehead atoms. The summed E-state index contributed by atoms with van der Waals surface area (Å²) < 4.78 is 26.5. The highest BCUT2D eigenvalue weighted by molar-refractivity contribution is 5.79. The van der Waals surface area contributed by atoms with Gasteiger partial charge in [-0.1, -0.05) is 30.3 Å². The van der Waals surface area contributed by atoms with Crippen LogP contribution >= 0.6 is 0 Å². The molecule has 2 aromatic carbocycles. The highest BCUT2D eigenvalue weighted by Gasteiger charge is 2.12. The summed E-state index contributed by atoms with van der Waals surface area (Å²) in [5, 5.41) is 16.1. The average molecular weight is 333 g/mol. The normalized spacial score (nSPS) is 12.8. The smallest absolute Gasteiger partial charge is 0.191 e. The Hall–Kier alpha value is -2.47. The van der Waals surface area contributed by atoms with Gasteiger partial charge in [-0.3, -0.25) is 0 Å². The molecular weight excluding hydrogens is 312 g/mol. The Morgan fingerprint density at radius 2 is 1.79 bits per heavy atom. The molecule has 0 fully saturated rings. The monoisotopic (exact) mass is 333 g/mol. The van der Waals surface area contributed by atoms with Crippen LogP contribution in [0, 0.1) is 11.6 Å². The molecule has 0 aliphatic rings. The van der Waals surface area contributed by atoms with E-state index in [2.05, 4.69) is 15.6 Å². The minimum atomic E-state index is -0.985. The number of halogens is 2. The molecule has 4 nitrogen and oxygen atoms in total. The van der Waals surface area contributed by atoms with Crippen LogP contribution in [0.5, 0.6) is 0 Å². The van der Waals surface area contributed by atoms with Crippen molar-refractivity contribution in [2.45, 2.75) is 19.6 Å². The van der Waals surface area contributed by atoms with Crippen molar-refractivity contribution < 1.29 is 13.9 Å². The van der Waals surface area contributed by atoms with E-state index in [1.807, 2.05) is 6.92 Å². The van der Waals surface area contributed by atoms with Crippen molar-refractivity contribution in [2.75, 3.05) is 13.1 Å². The SMILES string of the molecule is CCNC(=NCc1ccc(F)cc1)NCC(O)c1ccccc1F. The second-order valence-electron chi connectivity index (χ2n) is 5.24. The molecule has 0 amide bonds. The van der Waals surface area contributed by atoms with Crippen LogP contribution in [-0.2, 0) is 6.54 Å². The van der Waals surface area contributed by atoms with Gasteiger partial charge < -0.3 is 15.7 Å². The van der Waals surface area contributed by atoms with E-state index in [1.165, 1.54) is 18.2 Å². The molecule has 6 heteroatoms. The summed E-state index contributed by atoms with van der Waals surface area (Å²) in [6.45, 7) is 3.05. The first kappa shape index (κ1) is 17.9. The van der Waals surface area contributed by atoms with E-state index >= 15 is 0 Å². The van der Waals surface area contributed by atoms with Crippen molar-refractivity contribution >= 4 is 5.96 Å². The van der Waals surface area contributed by atoms with Gasteiger partial charge in [0.1, 0.15) is 11.6 Å². The molecule has 0 spiro atoms. The molecule has 0 aromatic heterocycles. The van der Waals surface area contributed by atoms with E-state index < -0.39 is 11.9 Å². The Labute approximate surface area is 140 Å². The maximum atomic E-state index is 13.7. The zero-order valence-electron chi connectivity index (χ0n) is 13.5. The van der Waals surface area contributed by atoms with Crippen LogP contribution in [-0.4, -0.2) is 24.2 Å². The van der Waals surface area contributed by atoms with Crippen LogP contribution in [0.2, 0.25) is 0 Å². The summed E-state index contributed by atoms with van der Waals surface area (Å²) in [7, 11) is 0. The zero-order chi connectivity index (χ0) is 17.4. The molecule has 0 saturated carbocycles. The maximum absolute atomic E-state index is 13.7. The number of benzene rings is 2. The quantitative estimate of drug-likeness (QED) is 0.563. The molecule has 1 unspecified atom stereocenters. The van der Waals surface area contributed by atoms with Crippen LogP contribution in [0.4, 0.5) is 8.78 Å². The van der Waals surface area contributed by atoms with E-state index in [9.17, 15) is 13.9 Å². The summed E-state index contributed by atoms with van der Waals surface area (Å²) >= 11 is 0. The summed E-state index contributed by atoms with van der Waals surface area (Å²) in [4.78, 5) is 4.37. The van der Waals surface area contributed by atoms with E-state index in [-0.39, 0.29) is 17.9 Å². The van der Waals surface area contributed by atoms with Gasteiger partial charge in [0.15, 0.2) is 5.96 Å². The van der Waals surface area contributed by atoms with Crippen LogP contribution in [0.3, 0.4) is 0 Å². The third-order valence-electron chi connectivity index (χ3n) is 3.40. The zero-order valence-corrected chi connectivity index (χ0v) is 13.5.